The zero-order valence-corrected chi connectivity index (χ0v) is 17.8. The molecule has 0 saturated heterocycles. The number of hydrogen-bond donors (Lipinski definition) is 2. The van der Waals surface area contributed by atoms with Gasteiger partial charge in [-0.25, -0.2) is 0 Å². The lowest BCUT2D eigenvalue weighted by molar-refractivity contribution is -0.142. The Morgan fingerprint density at radius 1 is 0.714 bits per heavy atom. The maximum absolute atomic E-state index is 11.8. The number of phenols is 2. The van der Waals surface area contributed by atoms with Gasteiger partial charge in [0, 0.05) is 6.07 Å². The second-order valence-corrected chi connectivity index (χ2v) is 7.85. The third-order valence-corrected chi connectivity index (χ3v) is 5.07. The molecule has 160 valence electrons. The van der Waals surface area contributed by atoms with Gasteiger partial charge in [-0.05, 0) is 24.1 Å². The van der Waals surface area contributed by atoms with Crippen LogP contribution in [0, 0.1) is 0 Å². The number of benzene rings is 1. The van der Waals surface area contributed by atoms with E-state index in [0.717, 1.165) is 12.8 Å². The number of ether oxygens (including phenoxy) is 1. The van der Waals surface area contributed by atoms with Gasteiger partial charge in [-0.2, -0.15) is 0 Å². The van der Waals surface area contributed by atoms with Crippen molar-refractivity contribution in [2.75, 3.05) is 6.61 Å². The van der Waals surface area contributed by atoms with Crippen LogP contribution in [0.25, 0.3) is 0 Å². The van der Waals surface area contributed by atoms with Gasteiger partial charge in [-0.1, -0.05) is 90.4 Å². The molecular formula is C24H40O4. The SMILES string of the molecule is CCCCCCCCCCCCCCCCOC(=O)Cc1cc(O)cc(O)c1. The van der Waals surface area contributed by atoms with Crippen LogP contribution in [0.1, 0.15) is 102 Å². The number of esters is 1. The van der Waals surface area contributed by atoms with Crippen molar-refractivity contribution in [1.82, 2.24) is 0 Å². The smallest absolute Gasteiger partial charge is 0.310 e. The molecule has 0 amide bonds. The minimum absolute atomic E-state index is 0.0465. The van der Waals surface area contributed by atoms with Gasteiger partial charge in [0.1, 0.15) is 11.5 Å². The predicted octanol–water partition coefficient (Wildman–Crippen LogP) is 6.66. The molecule has 0 heterocycles. The molecule has 1 aromatic carbocycles. The predicted molar refractivity (Wildman–Crippen MR) is 115 cm³/mol. The van der Waals surface area contributed by atoms with E-state index in [9.17, 15) is 15.0 Å². The zero-order chi connectivity index (χ0) is 20.5. The normalized spacial score (nSPS) is 10.9. The quantitative estimate of drug-likeness (QED) is 0.230. The average Bonchev–Trinajstić information content (AvgIpc) is 2.64. The molecule has 0 aliphatic carbocycles. The molecule has 0 radical (unpaired) electrons. The summed E-state index contributed by atoms with van der Waals surface area (Å²) < 4.78 is 5.23. The fourth-order valence-electron chi connectivity index (χ4n) is 3.46. The van der Waals surface area contributed by atoms with Crippen LogP contribution in [-0.4, -0.2) is 22.8 Å². The maximum Gasteiger partial charge on any atom is 0.310 e. The maximum atomic E-state index is 11.8. The molecule has 1 aromatic rings. The van der Waals surface area contributed by atoms with E-state index in [4.69, 9.17) is 4.74 Å². The molecule has 4 nitrogen and oxygen atoms in total. The molecule has 0 saturated carbocycles. The molecule has 1 rings (SSSR count). The third kappa shape index (κ3) is 13.5. The molecule has 0 fully saturated rings. The third-order valence-electron chi connectivity index (χ3n) is 5.07. The summed E-state index contributed by atoms with van der Waals surface area (Å²) in [4.78, 5) is 11.8. The summed E-state index contributed by atoms with van der Waals surface area (Å²) in [7, 11) is 0. The van der Waals surface area contributed by atoms with E-state index in [-0.39, 0.29) is 23.9 Å². The van der Waals surface area contributed by atoms with Crippen LogP contribution in [0.5, 0.6) is 11.5 Å². The average molecular weight is 393 g/mol. The van der Waals surface area contributed by atoms with E-state index in [1.165, 1.54) is 95.2 Å². The summed E-state index contributed by atoms with van der Waals surface area (Å²) in [5.74, 6) is -0.413. The molecule has 28 heavy (non-hydrogen) atoms. The highest BCUT2D eigenvalue weighted by Crippen LogP contribution is 2.21. The fraction of sp³-hybridized carbons (Fsp3) is 0.708. The summed E-state index contributed by atoms with van der Waals surface area (Å²) in [6, 6.07) is 4.17. The molecule has 0 aromatic heterocycles. The van der Waals surface area contributed by atoms with Crippen LogP contribution in [0.2, 0.25) is 0 Å². The van der Waals surface area contributed by atoms with Crippen molar-refractivity contribution in [3.8, 4) is 11.5 Å². The van der Waals surface area contributed by atoms with Gasteiger partial charge in [-0.3, -0.25) is 4.79 Å². The molecule has 2 N–H and O–H groups in total. The van der Waals surface area contributed by atoms with Crippen LogP contribution in [0.15, 0.2) is 18.2 Å². The summed E-state index contributed by atoms with van der Waals surface area (Å²) in [5, 5.41) is 18.8. The van der Waals surface area contributed by atoms with Gasteiger partial charge < -0.3 is 14.9 Å². The van der Waals surface area contributed by atoms with Crippen LogP contribution < -0.4 is 0 Å². The lowest BCUT2D eigenvalue weighted by Gasteiger charge is -2.06. The molecule has 0 unspecified atom stereocenters. The minimum atomic E-state index is -0.320. The van der Waals surface area contributed by atoms with Crippen molar-refractivity contribution in [3.05, 3.63) is 23.8 Å². The molecule has 0 bridgehead atoms. The lowest BCUT2D eigenvalue weighted by Crippen LogP contribution is -2.09. The number of phenolic OH excluding ortho intramolecular Hbond substituents is 2. The number of aromatic hydroxyl groups is 2. The van der Waals surface area contributed by atoms with E-state index in [1.54, 1.807) is 0 Å². The molecule has 0 aliphatic rings. The van der Waals surface area contributed by atoms with Crippen molar-refractivity contribution >= 4 is 5.97 Å². The van der Waals surface area contributed by atoms with Crippen molar-refractivity contribution < 1.29 is 19.7 Å². The monoisotopic (exact) mass is 392 g/mol. The first kappa shape index (κ1) is 24.3. The van der Waals surface area contributed by atoms with Crippen LogP contribution in [-0.2, 0) is 16.0 Å². The van der Waals surface area contributed by atoms with Crippen LogP contribution >= 0.6 is 0 Å². The van der Waals surface area contributed by atoms with Crippen molar-refractivity contribution in [1.29, 1.82) is 0 Å². The number of hydrogen-bond acceptors (Lipinski definition) is 4. The summed E-state index contributed by atoms with van der Waals surface area (Å²) in [6.07, 6.45) is 18.3. The molecule has 4 heteroatoms. The lowest BCUT2D eigenvalue weighted by atomic mass is 10.0. The Hall–Kier alpha value is -1.71. The zero-order valence-electron chi connectivity index (χ0n) is 17.8. The summed E-state index contributed by atoms with van der Waals surface area (Å²) in [6.45, 7) is 2.71. The van der Waals surface area contributed by atoms with Gasteiger partial charge >= 0.3 is 5.97 Å². The molecule has 0 spiro atoms. The highest BCUT2D eigenvalue weighted by molar-refractivity contribution is 5.72. The Morgan fingerprint density at radius 3 is 1.61 bits per heavy atom. The Bertz CT molecular complexity index is 507. The Kier molecular flexibility index (Phi) is 14.1. The second-order valence-electron chi connectivity index (χ2n) is 7.85. The molecule has 0 atom stereocenters. The number of unbranched alkanes of at least 4 members (excludes halogenated alkanes) is 13. The van der Waals surface area contributed by atoms with Gasteiger partial charge in [0.25, 0.3) is 0 Å². The fourth-order valence-corrected chi connectivity index (χ4v) is 3.46. The first-order valence-corrected chi connectivity index (χ1v) is 11.3. The topological polar surface area (TPSA) is 66.8 Å². The summed E-state index contributed by atoms with van der Waals surface area (Å²) in [5.41, 5.74) is 0.559. The van der Waals surface area contributed by atoms with Crippen LogP contribution in [0.3, 0.4) is 0 Å². The number of rotatable bonds is 17. The first-order valence-electron chi connectivity index (χ1n) is 11.3. The van der Waals surface area contributed by atoms with Crippen molar-refractivity contribution in [3.63, 3.8) is 0 Å². The number of carbonyl (C=O) groups excluding carboxylic acids is 1. The second kappa shape index (κ2) is 16.3. The Balaban J connectivity index is 1.86. The van der Waals surface area contributed by atoms with E-state index >= 15 is 0 Å². The Morgan fingerprint density at radius 2 is 1.14 bits per heavy atom. The van der Waals surface area contributed by atoms with E-state index in [1.807, 2.05) is 0 Å². The number of carbonyl (C=O) groups is 1. The van der Waals surface area contributed by atoms with Crippen LogP contribution in [0.4, 0.5) is 0 Å². The van der Waals surface area contributed by atoms with Gasteiger partial charge in [-0.15, -0.1) is 0 Å². The highest BCUT2D eigenvalue weighted by Gasteiger charge is 2.07. The largest absolute Gasteiger partial charge is 0.508 e. The molecule has 0 aliphatic heterocycles. The van der Waals surface area contributed by atoms with Crippen molar-refractivity contribution in [2.45, 2.75) is 103 Å². The van der Waals surface area contributed by atoms with Gasteiger partial charge in [0.05, 0.1) is 13.0 Å². The van der Waals surface area contributed by atoms with Gasteiger partial charge in [0.15, 0.2) is 0 Å². The van der Waals surface area contributed by atoms with E-state index in [2.05, 4.69) is 6.92 Å². The van der Waals surface area contributed by atoms with Crippen molar-refractivity contribution in [2.24, 2.45) is 0 Å². The minimum Gasteiger partial charge on any atom is -0.508 e. The Labute approximate surface area is 171 Å². The summed E-state index contributed by atoms with van der Waals surface area (Å²) >= 11 is 0. The highest BCUT2D eigenvalue weighted by atomic mass is 16.5. The van der Waals surface area contributed by atoms with E-state index in [0.29, 0.717) is 12.2 Å². The first-order chi connectivity index (χ1) is 13.6. The standard InChI is InChI=1S/C24H40O4/c1-2-3-4-5-6-7-8-9-10-11-12-13-14-15-16-28-24(27)19-21-17-22(25)20-23(26)18-21/h17-18,20,25-26H,2-16,19H2,1H3. The molecular weight excluding hydrogens is 352 g/mol. The van der Waals surface area contributed by atoms with E-state index < -0.39 is 0 Å². The van der Waals surface area contributed by atoms with Gasteiger partial charge in [0.2, 0.25) is 0 Å².